The van der Waals surface area contributed by atoms with E-state index in [1.54, 1.807) is 10.4 Å². The number of aryl methyl sites for hydroxylation is 1. The largest absolute Gasteiger partial charge is 0.366 e. The van der Waals surface area contributed by atoms with Crippen LogP contribution in [0, 0.1) is 12.0 Å². The minimum Gasteiger partial charge on any atom is -0.366 e. The molecule has 1 amide bonds. The van der Waals surface area contributed by atoms with E-state index in [1.165, 1.54) is 11.8 Å². The van der Waals surface area contributed by atoms with Crippen LogP contribution in [0.25, 0.3) is 0 Å². The molecular weight excluding hydrogens is 374 g/mol. The van der Waals surface area contributed by atoms with Gasteiger partial charge in [-0.05, 0) is 68.2 Å². The van der Waals surface area contributed by atoms with Crippen molar-refractivity contribution in [2.24, 2.45) is 11.7 Å². The van der Waals surface area contributed by atoms with Crippen LogP contribution in [0.5, 0.6) is 0 Å². The molecule has 1 fully saturated rings. The molecule has 1 aromatic carbocycles. The fourth-order valence-electron chi connectivity index (χ4n) is 4.70. The van der Waals surface area contributed by atoms with Crippen LogP contribution < -0.4 is 5.73 Å². The molecule has 28 heavy (non-hydrogen) atoms. The molecule has 155 valence electrons. The Balaban J connectivity index is 1.68. The third-order valence-electron chi connectivity index (χ3n) is 6.20. The maximum Gasteiger partial charge on any atom is 0.249 e. The number of carbonyl (C=O) groups excluding carboxylic acids is 1. The summed E-state index contributed by atoms with van der Waals surface area (Å²) in [6.45, 7) is 5.46. The van der Waals surface area contributed by atoms with Gasteiger partial charge in [-0.25, -0.2) is 12.7 Å². The number of benzene rings is 1. The third kappa shape index (κ3) is 4.93. The molecule has 7 heteroatoms. The molecule has 2 aliphatic rings. The number of sulfonamides is 1. The second kappa shape index (κ2) is 8.93. The van der Waals surface area contributed by atoms with E-state index in [9.17, 15) is 13.2 Å². The normalized spacial score (nSPS) is 21.6. The second-order valence-electron chi connectivity index (χ2n) is 8.22. The highest BCUT2D eigenvalue weighted by Gasteiger charge is 2.30. The summed E-state index contributed by atoms with van der Waals surface area (Å²) in [5.41, 5.74) is 8.41. The molecular formula is C21H32N3O3S. The highest BCUT2D eigenvalue weighted by molar-refractivity contribution is 7.88. The lowest BCUT2D eigenvalue weighted by Gasteiger charge is -2.39. The highest BCUT2D eigenvalue weighted by Crippen LogP contribution is 2.29. The van der Waals surface area contributed by atoms with Crippen molar-refractivity contribution in [2.45, 2.75) is 51.5 Å². The van der Waals surface area contributed by atoms with Crippen molar-refractivity contribution in [1.29, 1.82) is 0 Å². The van der Waals surface area contributed by atoms with Gasteiger partial charge in [-0.15, -0.1) is 0 Å². The summed E-state index contributed by atoms with van der Waals surface area (Å²) in [6, 6.07) is 7.29. The van der Waals surface area contributed by atoms with Crippen LogP contribution in [0.3, 0.4) is 0 Å². The second-order valence-corrected chi connectivity index (χ2v) is 10.2. The molecule has 1 saturated heterocycles. The molecule has 0 aromatic heterocycles. The van der Waals surface area contributed by atoms with Crippen LogP contribution >= 0.6 is 0 Å². The maximum atomic E-state index is 11.8. The number of fused-ring (bicyclic) bond motifs is 1. The van der Waals surface area contributed by atoms with Crippen molar-refractivity contribution in [3.8, 4) is 0 Å². The van der Waals surface area contributed by atoms with E-state index >= 15 is 0 Å². The van der Waals surface area contributed by atoms with Crippen molar-refractivity contribution in [2.75, 3.05) is 32.4 Å². The number of rotatable bonds is 7. The molecule has 0 bridgehead atoms. The van der Waals surface area contributed by atoms with E-state index in [2.05, 4.69) is 24.0 Å². The van der Waals surface area contributed by atoms with E-state index < -0.39 is 15.9 Å². The smallest absolute Gasteiger partial charge is 0.249 e. The van der Waals surface area contributed by atoms with Gasteiger partial charge in [0, 0.05) is 25.7 Å². The Hall–Kier alpha value is -1.44. The Bertz CT molecular complexity index is 801. The summed E-state index contributed by atoms with van der Waals surface area (Å²) in [4.78, 5) is 14.4. The standard InChI is InChI=1S/C21H32N3O3S/c1-3-11-23(15-16-9-12-24(13-10-16)28(2,26)27)18-8-7-17-5-4-6-19(21(22)25)20(17)14-18/h4-5,16,18H,3,7-15H2,1-2H3,(H2,22,25). The van der Waals surface area contributed by atoms with Crippen molar-refractivity contribution in [1.82, 2.24) is 9.21 Å². The fourth-order valence-corrected chi connectivity index (χ4v) is 5.57. The van der Waals surface area contributed by atoms with Gasteiger partial charge < -0.3 is 5.73 Å². The summed E-state index contributed by atoms with van der Waals surface area (Å²) in [6.07, 6.45) is 7.08. The molecule has 0 spiro atoms. The molecule has 1 aromatic rings. The first-order valence-electron chi connectivity index (χ1n) is 10.3. The zero-order chi connectivity index (χ0) is 20.3. The quantitative estimate of drug-likeness (QED) is 0.749. The Kier molecular flexibility index (Phi) is 6.78. The molecule has 1 unspecified atom stereocenters. The van der Waals surface area contributed by atoms with Crippen LogP contribution in [0.2, 0.25) is 0 Å². The fraction of sp³-hybridized carbons (Fsp3) is 0.667. The number of piperidine rings is 1. The summed E-state index contributed by atoms with van der Waals surface area (Å²) >= 11 is 0. The predicted octanol–water partition coefficient (Wildman–Crippen LogP) is 1.83. The number of amides is 1. The zero-order valence-corrected chi connectivity index (χ0v) is 17.8. The molecule has 1 aliphatic heterocycles. The lowest BCUT2D eigenvalue weighted by molar-refractivity contribution is 0.0995. The molecule has 1 heterocycles. The van der Waals surface area contributed by atoms with Crippen molar-refractivity contribution < 1.29 is 13.2 Å². The zero-order valence-electron chi connectivity index (χ0n) is 17.0. The molecule has 1 atom stereocenters. The molecule has 0 saturated carbocycles. The number of nitrogens with two attached hydrogens (primary N) is 1. The van der Waals surface area contributed by atoms with E-state index in [0.29, 0.717) is 30.6 Å². The van der Waals surface area contributed by atoms with Gasteiger partial charge in [0.1, 0.15) is 0 Å². The summed E-state index contributed by atoms with van der Waals surface area (Å²) in [5.74, 6) is 0.122. The number of hydrogen-bond acceptors (Lipinski definition) is 4. The van der Waals surface area contributed by atoms with Gasteiger partial charge in [0.25, 0.3) is 0 Å². The highest BCUT2D eigenvalue weighted by atomic mass is 32.2. The number of primary amides is 1. The van der Waals surface area contributed by atoms with E-state index in [1.807, 2.05) is 0 Å². The predicted molar refractivity (Wildman–Crippen MR) is 111 cm³/mol. The van der Waals surface area contributed by atoms with E-state index in [-0.39, 0.29) is 0 Å². The maximum absolute atomic E-state index is 11.8. The number of hydrogen-bond donors (Lipinski definition) is 1. The van der Waals surface area contributed by atoms with Gasteiger partial charge in [0.15, 0.2) is 0 Å². The topological polar surface area (TPSA) is 83.7 Å². The van der Waals surface area contributed by atoms with Crippen LogP contribution in [-0.2, 0) is 22.9 Å². The van der Waals surface area contributed by atoms with Crippen molar-refractivity contribution in [3.05, 3.63) is 34.9 Å². The summed E-state index contributed by atoms with van der Waals surface area (Å²) in [7, 11) is -3.08. The van der Waals surface area contributed by atoms with Gasteiger partial charge in [-0.1, -0.05) is 19.1 Å². The van der Waals surface area contributed by atoms with Gasteiger partial charge in [0.05, 0.1) is 11.8 Å². The van der Waals surface area contributed by atoms with Crippen LogP contribution in [-0.4, -0.2) is 62.0 Å². The lowest BCUT2D eigenvalue weighted by Crippen LogP contribution is -2.46. The lowest BCUT2D eigenvalue weighted by atomic mass is 9.84. The van der Waals surface area contributed by atoms with Crippen LogP contribution in [0.1, 0.15) is 54.1 Å². The Morgan fingerprint density at radius 1 is 1.32 bits per heavy atom. The minimum absolute atomic E-state index is 0.396. The molecule has 2 N–H and O–H groups in total. The Morgan fingerprint density at radius 3 is 2.64 bits per heavy atom. The van der Waals surface area contributed by atoms with Gasteiger partial charge in [-0.3, -0.25) is 9.69 Å². The van der Waals surface area contributed by atoms with Crippen LogP contribution in [0.15, 0.2) is 12.1 Å². The molecule has 6 nitrogen and oxygen atoms in total. The van der Waals surface area contributed by atoms with Crippen LogP contribution in [0.4, 0.5) is 0 Å². The summed E-state index contributed by atoms with van der Waals surface area (Å²) < 4.78 is 25.1. The summed E-state index contributed by atoms with van der Waals surface area (Å²) in [5, 5.41) is 0. The molecule has 1 aliphatic carbocycles. The van der Waals surface area contributed by atoms with Crippen molar-refractivity contribution in [3.63, 3.8) is 0 Å². The average Bonchev–Trinajstić information content (AvgIpc) is 2.66. The van der Waals surface area contributed by atoms with E-state index in [4.69, 9.17) is 5.73 Å². The molecule has 1 radical (unpaired) electrons. The Morgan fingerprint density at radius 2 is 2.04 bits per heavy atom. The van der Waals surface area contributed by atoms with Gasteiger partial charge in [-0.2, -0.15) is 0 Å². The first kappa shape index (κ1) is 21.3. The SMILES string of the molecule is CCCN(CC1CCN(S(C)(=O)=O)CC1)C1CCc2cc[c]c(C(N)=O)c2C1. The number of nitrogens with zero attached hydrogens (tertiary/aromatic N) is 2. The monoisotopic (exact) mass is 406 g/mol. The van der Waals surface area contributed by atoms with Crippen molar-refractivity contribution >= 4 is 15.9 Å². The Labute approximate surface area is 169 Å². The van der Waals surface area contributed by atoms with Gasteiger partial charge in [0.2, 0.25) is 15.9 Å². The van der Waals surface area contributed by atoms with Gasteiger partial charge >= 0.3 is 0 Å². The third-order valence-corrected chi connectivity index (χ3v) is 7.50. The number of carbonyl (C=O) groups is 1. The average molecular weight is 407 g/mol. The molecule has 3 rings (SSSR count). The first-order valence-corrected chi connectivity index (χ1v) is 12.2. The minimum atomic E-state index is -3.08. The van der Waals surface area contributed by atoms with E-state index in [0.717, 1.165) is 57.2 Å². The first-order chi connectivity index (χ1) is 13.3.